The van der Waals surface area contributed by atoms with Crippen LogP contribution in [0.5, 0.6) is 0 Å². The minimum Gasteiger partial charge on any atom is -0.355 e. The van der Waals surface area contributed by atoms with E-state index in [1.165, 1.54) is 49.6 Å². The third-order valence-electron chi connectivity index (χ3n) is 5.96. The number of rotatable bonds is 3. The topological polar surface area (TPSA) is 92.2 Å². The van der Waals surface area contributed by atoms with Gasteiger partial charge in [0, 0.05) is 19.8 Å². The fourth-order valence-corrected chi connectivity index (χ4v) is 4.35. The Kier molecular flexibility index (Phi) is 5.47. The van der Waals surface area contributed by atoms with Gasteiger partial charge >= 0.3 is 0 Å². The lowest BCUT2D eigenvalue weighted by Gasteiger charge is -2.22. The van der Waals surface area contributed by atoms with Crippen molar-refractivity contribution in [3.63, 3.8) is 0 Å². The summed E-state index contributed by atoms with van der Waals surface area (Å²) in [6.45, 7) is 0.607. The van der Waals surface area contributed by atoms with E-state index < -0.39 is 0 Å². The van der Waals surface area contributed by atoms with Gasteiger partial charge in [0.15, 0.2) is 0 Å². The fourth-order valence-electron chi connectivity index (χ4n) is 4.35. The second-order valence-electron chi connectivity index (χ2n) is 7.89. The van der Waals surface area contributed by atoms with Gasteiger partial charge in [-0.3, -0.25) is 19.4 Å². The Balaban J connectivity index is 1.94. The number of carbonyl (C=O) groups is 1. The van der Waals surface area contributed by atoms with E-state index in [9.17, 15) is 9.59 Å². The zero-order chi connectivity index (χ0) is 20.4. The van der Waals surface area contributed by atoms with Crippen molar-refractivity contribution in [1.82, 2.24) is 19.3 Å². The minimum absolute atomic E-state index is 0.117. The summed E-state index contributed by atoms with van der Waals surface area (Å²) in [7, 11) is 1.54. The number of aromatic nitrogens is 3. The van der Waals surface area contributed by atoms with Crippen LogP contribution in [0.15, 0.2) is 35.3 Å². The highest BCUT2D eigenvalue weighted by Crippen LogP contribution is 2.24. The normalized spacial score (nSPS) is 15.9. The number of carbonyl (C=O) groups excluding carboxylic acids is 1. The molecule has 7 heteroatoms. The van der Waals surface area contributed by atoms with Crippen LogP contribution in [0.1, 0.15) is 55.3 Å². The molecule has 1 amide bonds. The average Bonchev–Trinajstić information content (AvgIpc) is 2.71. The van der Waals surface area contributed by atoms with Crippen molar-refractivity contribution >= 4 is 22.6 Å². The molecule has 0 spiro atoms. The lowest BCUT2D eigenvalue weighted by molar-refractivity contribution is 0.0960. The van der Waals surface area contributed by atoms with Gasteiger partial charge in [-0.15, -0.1) is 0 Å². The molecular weight excluding hydrogens is 366 g/mol. The molecule has 0 bridgehead atoms. The molecule has 2 N–H and O–H groups in total. The van der Waals surface area contributed by atoms with Crippen LogP contribution in [0.3, 0.4) is 0 Å². The maximum atomic E-state index is 13.1. The third-order valence-corrected chi connectivity index (χ3v) is 5.96. The molecule has 0 radical (unpaired) electrons. The number of amides is 1. The van der Waals surface area contributed by atoms with Gasteiger partial charge in [-0.2, -0.15) is 0 Å². The highest BCUT2D eigenvalue weighted by molar-refractivity contribution is 5.96. The number of nitrogens with one attached hydrogen (secondary N) is 2. The van der Waals surface area contributed by atoms with E-state index in [0.29, 0.717) is 29.1 Å². The van der Waals surface area contributed by atoms with Gasteiger partial charge in [0.05, 0.1) is 10.9 Å². The van der Waals surface area contributed by atoms with E-state index in [1.807, 2.05) is 6.07 Å². The summed E-state index contributed by atoms with van der Waals surface area (Å²) in [5.74, 6) is 0.0597. The molecule has 0 unspecified atom stereocenters. The van der Waals surface area contributed by atoms with Gasteiger partial charge in [0.2, 0.25) is 0 Å². The Hall–Kier alpha value is -2.96. The number of pyridine rings is 2. The van der Waals surface area contributed by atoms with Gasteiger partial charge in [-0.05, 0) is 37.0 Å². The molecular formula is C22H27N5O2. The van der Waals surface area contributed by atoms with Gasteiger partial charge in [0.25, 0.3) is 11.5 Å². The van der Waals surface area contributed by atoms with Crippen molar-refractivity contribution in [3.05, 3.63) is 51.9 Å². The van der Waals surface area contributed by atoms with Crippen LogP contribution in [-0.4, -0.2) is 26.9 Å². The van der Waals surface area contributed by atoms with Gasteiger partial charge in [0.1, 0.15) is 16.8 Å². The summed E-state index contributed by atoms with van der Waals surface area (Å²) in [5, 5.41) is 11.7. The Morgan fingerprint density at radius 1 is 1.21 bits per heavy atom. The van der Waals surface area contributed by atoms with Crippen LogP contribution in [0.4, 0.5) is 0 Å². The van der Waals surface area contributed by atoms with Crippen molar-refractivity contribution in [1.29, 1.82) is 5.41 Å². The van der Waals surface area contributed by atoms with E-state index in [2.05, 4.69) is 5.32 Å². The first-order valence-electron chi connectivity index (χ1n) is 10.4. The lowest BCUT2D eigenvalue weighted by atomic mass is 9.91. The molecule has 3 aromatic heterocycles. The van der Waals surface area contributed by atoms with Crippen molar-refractivity contribution < 1.29 is 4.79 Å². The molecule has 0 atom stereocenters. The molecule has 7 nitrogen and oxygen atoms in total. The zero-order valence-corrected chi connectivity index (χ0v) is 16.8. The van der Waals surface area contributed by atoms with E-state index >= 15 is 0 Å². The maximum Gasteiger partial charge on any atom is 0.267 e. The molecule has 152 valence electrons. The molecule has 0 aromatic carbocycles. The highest BCUT2D eigenvalue weighted by atomic mass is 16.1. The predicted molar refractivity (Wildman–Crippen MR) is 112 cm³/mol. The second kappa shape index (κ2) is 8.19. The Bertz CT molecular complexity index is 1170. The summed E-state index contributed by atoms with van der Waals surface area (Å²) >= 11 is 0. The van der Waals surface area contributed by atoms with Gasteiger partial charge in [-0.1, -0.05) is 38.2 Å². The quantitative estimate of drug-likeness (QED) is 0.670. The van der Waals surface area contributed by atoms with Gasteiger partial charge < -0.3 is 9.88 Å². The van der Waals surface area contributed by atoms with E-state index in [0.717, 1.165) is 12.8 Å². The SMILES string of the molecule is CNC(=O)c1cc2c(=O)n3ccccc3nc2n(CC2CCCCCCC2)c1=N. The molecule has 0 saturated heterocycles. The smallest absolute Gasteiger partial charge is 0.267 e. The Morgan fingerprint density at radius 2 is 1.93 bits per heavy atom. The number of hydrogen-bond donors (Lipinski definition) is 2. The first-order valence-corrected chi connectivity index (χ1v) is 10.4. The molecule has 0 aliphatic heterocycles. The predicted octanol–water partition coefficient (Wildman–Crippen LogP) is 2.85. The molecule has 3 aromatic rings. The van der Waals surface area contributed by atoms with E-state index in [-0.39, 0.29) is 22.5 Å². The van der Waals surface area contributed by atoms with Crippen molar-refractivity contribution in [2.75, 3.05) is 7.05 Å². The number of hydrogen-bond acceptors (Lipinski definition) is 4. The average molecular weight is 393 g/mol. The summed E-state index contributed by atoms with van der Waals surface area (Å²) in [6, 6.07) is 6.92. The van der Waals surface area contributed by atoms with Gasteiger partial charge in [-0.25, -0.2) is 4.98 Å². The highest BCUT2D eigenvalue weighted by Gasteiger charge is 2.19. The number of fused-ring (bicyclic) bond motifs is 2. The number of nitrogens with zero attached hydrogens (tertiary/aromatic N) is 3. The van der Waals surface area contributed by atoms with Crippen LogP contribution in [0, 0.1) is 11.3 Å². The van der Waals surface area contributed by atoms with E-state index in [4.69, 9.17) is 10.4 Å². The van der Waals surface area contributed by atoms with Crippen LogP contribution < -0.4 is 16.4 Å². The zero-order valence-electron chi connectivity index (χ0n) is 16.8. The largest absolute Gasteiger partial charge is 0.355 e. The fraction of sp³-hybridized carbons (Fsp3) is 0.455. The summed E-state index contributed by atoms with van der Waals surface area (Å²) in [4.78, 5) is 30.3. The van der Waals surface area contributed by atoms with Crippen LogP contribution >= 0.6 is 0 Å². The van der Waals surface area contributed by atoms with Crippen molar-refractivity contribution in [3.8, 4) is 0 Å². The standard InChI is InChI=1S/C22H27N5O2/c1-24-21(28)16-13-17-20(25-18-11-7-8-12-26(18)22(17)29)27(19(16)23)14-15-9-5-3-2-4-6-10-15/h7-8,11-13,15,23H,2-6,9-10,14H2,1H3,(H,24,28). The molecule has 29 heavy (non-hydrogen) atoms. The Labute approximate surface area is 168 Å². The van der Waals surface area contributed by atoms with Crippen molar-refractivity contribution in [2.45, 2.75) is 51.5 Å². The molecule has 1 saturated carbocycles. The first kappa shape index (κ1) is 19.4. The third kappa shape index (κ3) is 3.69. The molecule has 1 aliphatic rings. The summed E-state index contributed by atoms with van der Waals surface area (Å²) in [5.41, 5.74) is 1.14. The molecule has 1 aliphatic carbocycles. The summed E-state index contributed by atoms with van der Waals surface area (Å²) in [6.07, 6.45) is 10.0. The van der Waals surface area contributed by atoms with Crippen LogP contribution in [0.2, 0.25) is 0 Å². The van der Waals surface area contributed by atoms with Crippen molar-refractivity contribution in [2.24, 2.45) is 5.92 Å². The molecule has 1 fully saturated rings. The monoisotopic (exact) mass is 393 g/mol. The molecule has 3 heterocycles. The second-order valence-corrected chi connectivity index (χ2v) is 7.89. The summed E-state index contributed by atoms with van der Waals surface area (Å²) < 4.78 is 3.26. The molecule has 4 rings (SSSR count). The minimum atomic E-state index is -0.360. The maximum absolute atomic E-state index is 13.1. The first-order chi connectivity index (χ1) is 14.1. The Morgan fingerprint density at radius 3 is 2.66 bits per heavy atom. The van der Waals surface area contributed by atoms with Crippen LogP contribution in [-0.2, 0) is 6.54 Å². The lowest BCUT2D eigenvalue weighted by Crippen LogP contribution is -2.35. The van der Waals surface area contributed by atoms with E-state index in [1.54, 1.807) is 22.9 Å². The van der Waals surface area contributed by atoms with Crippen LogP contribution in [0.25, 0.3) is 16.7 Å².